The number of halogens is 1. The van der Waals surface area contributed by atoms with Crippen molar-refractivity contribution in [3.05, 3.63) is 28.8 Å². The molecular formula is C13H17ClN2O2. The first-order chi connectivity index (χ1) is 8.54. The number of piperazine rings is 1. The summed E-state index contributed by atoms with van der Waals surface area (Å²) in [7, 11) is 1.85. The van der Waals surface area contributed by atoms with Crippen molar-refractivity contribution in [1.82, 2.24) is 4.90 Å². The van der Waals surface area contributed by atoms with E-state index in [1.165, 1.54) is 0 Å². The lowest BCUT2D eigenvalue weighted by molar-refractivity contribution is -0.126. The normalized spacial score (nSPS) is 21.4. The molecule has 0 spiro atoms. The number of aliphatic hydroxyl groups is 1. The minimum absolute atomic E-state index is 0.0726. The smallest absolute Gasteiger partial charge is 0.246 e. The second-order valence-corrected chi connectivity index (χ2v) is 5.04. The number of hydrogen-bond acceptors (Lipinski definition) is 3. The van der Waals surface area contributed by atoms with Gasteiger partial charge in [-0.2, -0.15) is 0 Å². The summed E-state index contributed by atoms with van der Waals surface area (Å²) in [6, 6.07) is 5.05. The van der Waals surface area contributed by atoms with Crippen LogP contribution in [-0.2, 0) is 4.79 Å². The molecule has 1 aliphatic heterocycles. The first kappa shape index (κ1) is 13.3. The Labute approximate surface area is 112 Å². The average molecular weight is 269 g/mol. The monoisotopic (exact) mass is 268 g/mol. The van der Waals surface area contributed by atoms with Crippen molar-refractivity contribution in [2.24, 2.45) is 0 Å². The van der Waals surface area contributed by atoms with Crippen molar-refractivity contribution in [3.63, 3.8) is 0 Å². The van der Waals surface area contributed by atoms with E-state index in [1.807, 2.05) is 31.0 Å². The lowest BCUT2D eigenvalue weighted by Crippen LogP contribution is -2.57. The van der Waals surface area contributed by atoms with Gasteiger partial charge in [0.15, 0.2) is 0 Å². The van der Waals surface area contributed by atoms with Gasteiger partial charge in [-0.05, 0) is 31.7 Å². The fourth-order valence-corrected chi connectivity index (χ4v) is 2.39. The third-order valence-corrected chi connectivity index (χ3v) is 3.63. The molecule has 0 radical (unpaired) electrons. The van der Waals surface area contributed by atoms with Gasteiger partial charge in [0.2, 0.25) is 5.91 Å². The summed E-state index contributed by atoms with van der Waals surface area (Å²) in [6.45, 7) is 3.15. The zero-order valence-corrected chi connectivity index (χ0v) is 11.3. The second-order valence-electron chi connectivity index (χ2n) is 4.60. The van der Waals surface area contributed by atoms with E-state index in [0.29, 0.717) is 11.6 Å². The highest BCUT2D eigenvalue weighted by Gasteiger charge is 2.33. The minimum atomic E-state index is -0.461. The molecule has 1 N–H and O–H groups in total. The van der Waals surface area contributed by atoms with Crippen LogP contribution in [0.25, 0.3) is 0 Å². The molecule has 0 saturated carbocycles. The van der Waals surface area contributed by atoms with Crippen molar-refractivity contribution in [2.75, 3.05) is 31.6 Å². The maximum atomic E-state index is 12.3. The maximum absolute atomic E-state index is 12.3. The summed E-state index contributed by atoms with van der Waals surface area (Å²) in [5.74, 6) is -0.0726. The lowest BCUT2D eigenvalue weighted by atomic mass is 10.1. The van der Waals surface area contributed by atoms with E-state index in [0.717, 1.165) is 17.8 Å². The van der Waals surface area contributed by atoms with Crippen molar-refractivity contribution in [3.8, 4) is 0 Å². The Kier molecular flexibility index (Phi) is 3.90. The Hall–Kier alpha value is -1.10. The van der Waals surface area contributed by atoms with E-state index >= 15 is 0 Å². The molecule has 1 heterocycles. The Balaban J connectivity index is 2.33. The molecule has 0 aromatic heterocycles. The van der Waals surface area contributed by atoms with Crippen LogP contribution in [0, 0.1) is 6.92 Å². The van der Waals surface area contributed by atoms with Gasteiger partial charge >= 0.3 is 0 Å². The Bertz CT molecular complexity index is 464. The average Bonchev–Trinajstić information content (AvgIpc) is 2.34. The predicted molar refractivity (Wildman–Crippen MR) is 72.0 cm³/mol. The fourth-order valence-electron chi connectivity index (χ4n) is 2.22. The van der Waals surface area contributed by atoms with Gasteiger partial charge < -0.3 is 10.0 Å². The van der Waals surface area contributed by atoms with Gasteiger partial charge in [0, 0.05) is 23.8 Å². The number of nitrogens with zero attached hydrogens (tertiary/aromatic N) is 2. The molecule has 1 unspecified atom stereocenters. The van der Waals surface area contributed by atoms with Gasteiger partial charge in [-0.3, -0.25) is 9.69 Å². The Morgan fingerprint density at radius 2 is 2.17 bits per heavy atom. The molecule has 1 fully saturated rings. The maximum Gasteiger partial charge on any atom is 0.246 e. The van der Waals surface area contributed by atoms with E-state index in [2.05, 4.69) is 0 Å². The molecule has 98 valence electrons. The molecule has 1 aromatic rings. The number of rotatable bonds is 2. The number of aryl methyl sites for hydroxylation is 1. The van der Waals surface area contributed by atoms with Crippen LogP contribution in [-0.4, -0.2) is 48.7 Å². The largest absolute Gasteiger partial charge is 0.394 e. The van der Waals surface area contributed by atoms with E-state index < -0.39 is 6.04 Å². The molecule has 1 amide bonds. The number of hydrogen-bond donors (Lipinski definition) is 1. The molecule has 0 bridgehead atoms. The number of likely N-dealkylation sites (N-methyl/N-ethyl adjacent to an activating group) is 1. The van der Waals surface area contributed by atoms with Gasteiger partial charge in [-0.1, -0.05) is 17.7 Å². The Morgan fingerprint density at radius 3 is 2.83 bits per heavy atom. The highest BCUT2D eigenvalue weighted by atomic mass is 35.5. The summed E-state index contributed by atoms with van der Waals surface area (Å²) in [5.41, 5.74) is 1.84. The van der Waals surface area contributed by atoms with E-state index in [9.17, 15) is 9.90 Å². The molecule has 0 aliphatic carbocycles. The van der Waals surface area contributed by atoms with Crippen molar-refractivity contribution < 1.29 is 9.90 Å². The second kappa shape index (κ2) is 5.26. The molecular weight excluding hydrogens is 252 g/mol. The molecule has 5 heteroatoms. The summed E-state index contributed by atoms with van der Waals surface area (Å²) in [4.78, 5) is 15.9. The van der Waals surface area contributed by atoms with Crippen molar-refractivity contribution >= 4 is 23.2 Å². The molecule has 18 heavy (non-hydrogen) atoms. The highest BCUT2D eigenvalue weighted by molar-refractivity contribution is 6.31. The fraction of sp³-hybridized carbons (Fsp3) is 0.462. The predicted octanol–water partition coefficient (Wildman–Crippen LogP) is 1.29. The standard InChI is InChI=1S/C13H17ClN2O2/c1-9-3-4-10(14)7-11(9)16-6-5-15(2)12(8-17)13(16)18/h3-4,7,12,17H,5-6,8H2,1-2H3. The third kappa shape index (κ3) is 2.36. The van der Waals surface area contributed by atoms with Crippen molar-refractivity contribution in [2.45, 2.75) is 13.0 Å². The number of benzene rings is 1. The molecule has 4 nitrogen and oxygen atoms in total. The summed E-state index contributed by atoms with van der Waals surface area (Å²) < 4.78 is 0. The van der Waals surface area contributed by atoms with Gasteiger partial charge in [0.25, 0.3) is 0 Å². The first-order valence-corrected chi connectivity index (χ1v) is 6.31. The molecule has 1 saturated heterocycles. The van der Waals surface area contributed by atoms with Gasteiger partial charge in [0.1, 0.15) is 6.04 Å². The molecule has 1 aromatic carbocycles. The number of aliphatic hydroxyl groups excluding tert-OH is 1. The minimum Gasteiger partial charge on any atom is -0.394 e. The summed E-state index contributed by atoms with van der Waals surface area (Å²) in [6.07, 6.45) is 0. The van der Waals surface area contributed by atoms with E-state index in [1.54, 1.807) is 11.0 Å². The molecule has 1 aliphatic rings. The quantitative estimate of drug-likeness (QED) is 0.879. The number of anilines is 1. The SMILES string of the molecule is Cc1ccc(Cl)cc1N1CCN(C)C(CO)C1=O. The summed E-state index contributed by atoms with van der Waals surface area (Å²) in [5, 5.41) is 9.92. The number of carbonyl (C=O) groups excluding carboxylic acids is 1. The first-order valence-electron chi connectivity index (χ1n) is 5.93. The topological polar surface area (TPSA) is 43.8 Å². The van der Waals surface area contributed by atoms with Crippen LogP contribution in [0.5, 0.6) is 0 Å². The number of carbonyl (C=O) groups is 1. The van der Waals surface area contributed by atoms with Gasteiger partial charge in [0.05, 0.1) is 6.61 Å². The molecule has 1 atom stereocenters. The summed E-state index contributed by atoms with van der Waals surface area (Å²) >= 11 is 5.98. The van der Waals surface area contributed by atoms with Crippen LogP contribution in [0.2, 0.25) is 5.02 Å². The highest BCUT2D eigenvalue weighted by Crippen LogP contribution is 2.26. The van der Waals surface area contributed by atoms with E-state index in [4.69, 9.17) is 11.6 Å². The van der Waals surface area contributed by atoms with Gasteiger partial charge in [-0.25, -0.2) is 0 Å². The Morgan fingerprint density at radius 1 is 1.44 bits per heavy atom. The van der Waals surface area contributed by atoms with Crippen LogP contribution < -0.4 is 4.90 Å². The molecule has 2 rings (SSSR count). The van der Waals surface area contributed by atoms with Gasteiger partial charge in [-0.15, -0.1) is 0 Å². The van der Waals surface area contributed by atoms with Crippen LogP contribution >= 0.6 is 11.6 Å². The van der Waals surface area contributed by atoms with Crippen LogP contribution in [0.15, 0.2) is 18.2 Å². The van der Waals surface area contributed by atoms with Crippen LogP contribution in [0.4, 0.5) is 5.69 Å². The number of amides is 1. The zero-order valence-electron chi connectivity index (χ0n) is 10.6. The lowest BCUT2D eigenvalue weighted by Gasteiger charge is -2.38. The zero-order chi connectivity index (χ0) is 13.3. The van der Waals surface area contributed by atoms with Crippen LogP contribution in [0.3, 0.4) is 0 Å². The van der Waals surface area contributed by atoms with Crippen LogP contribution in [0.1, 0.15) is 5.56 Å². The van der Waals surface area contributed by atoms with Crippen molar-refractivity contribution in [1.29, 1.82) is 0 Å². The third-order valence-electron chi connectivity index (χ3n) is 3.39. The van der Waals surface area contributed by atoms with E-state index in [-0.39, 0.29) is 12.5 Å².